The minimum Gasteiger partial charge on any atom is -0.468 e. The second kappa shape index (κ2) is 9.61. The first-order chi connectivity index (χ1) is 15.3. The Hall–Kier alpha value is -2.41. The van der Waals surface area contributed by atoms with Crippen LogP contribution < -0.4 is 4.74 Å². The van der Waals surface area contributed by atoms with E-state index < -0.39 is 6.10 Å². The van der Waals surface area contributed by atoms with Crippen molar-refractivity contribution in [3.8, 4) is 5.88 Å². The predicted molar refractivity (Wildman–Crippen MR) is 125 cm³/mol. The van der Waals surface area contributed by atoms with Crippen LogP contribution in [0.2, 0.25) is 15.1 Å². The van der Waals surface area contributed by atoms with Crippen molar-refractivity contribution in [2.45, 2.75) is 32.3 Å². The molecule has 0 N–H and O–H groups in total. The van der Waals surface area contributed by atoms with Crippen molar-refractivity contribution in [2.75, 3.05) is 13.1 Å². The minimum atomic E-state index is -0.502. The molecular weight excluding hydrogens is 471 g/mol. The summed E-state index contributed by atoms with van der Waals surface area (Å²) >= 11 is 18.1. The summed E-state index contributed by atoms with van der Waals surface area (Å²) in [5.41, 5.74) is 2.02. The van der Waals surface area contributed by atoms with Gasteiger partial charge in [-0.3, -0.25) is 4.79 Å². The lowest BCUT2D eigenvalue weighted by Gasteiger charge is -2.21. The number of carbonyl (C=O) groups is 1. The standard InChI is InChI=1S/C23H21Cl3N4O2/c1-13(32-21-6-4-17(24)10-28-21)22-18(11-27-14(2)29-22)23(31)30-8-7-16(12-30)15-3-5-19(25)20(26)9-15/h3-6,9-11,13,16H,7-8,12H2,1-2H3. The van der Waals surface area contributed by atoms with Crippen molar-refractivity contribution in [3.05, 3.63) is 80.4 Å². The normalized spacial score (nSPS) is 16.8. The Kier molecular flexibility index (Phi) is 6.84. The zero-order valence-electron chi connectivity index (χ0n) is 17.6. The highest BCUT2D eigenvalue weighted by atomic mass is 35.5. The van der Waals surface area contributed by atoms with Gasteiger partial charge in [-0.1, -0.05) is 40.9 Å². The Labute approximate surface area is 201 Å². The van der Waals surface area contributed by atoms with Crippen LogP contribution in [0.1, 0.15) is 52.8 Å². The summed E-state index contributed by atoms with van der Waals surface area (Å²) in [7, 11) is 0. The van der Waals surface area contributed by atoms with Crippen LogP contribution in [-0.2, 0) is 0 Å². The first-order valence-corrected chi connectivity index (χ1v) is 11.3. The van der Waals surface area contributed by atoms with E-state index in [2.05, 4.69) is 15.0 Å². The van der Waals surface area contributed by atoms with E-state index >= 15 is 0 Å². The van der Waals surface area contributed by atoms with Crippen LogP contribution in [0.25, 0.3) is 0 Å². The van der Waals surface area contributed by atoms with Crippen molar-refractivity contribution in [3.63, 3.8) is 0 Å². The quantitative estimate of drug-likeness (QED) is 0.444. The Morgan fingerprint density at radius 1 is 1.12 bits per heavy atom. The van der Waals surface area contributed by atoms with Gasteiger partial charge < -0.3 is 9.64 Å². The number of pyridine rings is 1. The van der Waals surface area contributed by atoms with Gasteiger partial charge in [-0.25, -0.2) is 15.0 Å². The molecule has 1 aliphatic heterocycles. The molecule has 0 aliphatic carbocycles. The second-order valence-corrected chi connectivity index (χ2v) is 8.95. The second-order valence-electron chi connectivity index (χ2n) is 7.70. The Balaban J connectivity index is 1.53. The lowest BCUT2D eigenvalue weighted by Crippen LogP contribution is -2.30. The summed E-state index contributed by atoms with van der Waals surface area (Å²) in [5, 5.41) is 1.56. The van der Waals surface area contributed by atoms with Gasteiger partial charge >= 0.3 is 0 Å². The molecule has 1 aliphatic rings. The number of hydrogen-bond acceptors (Lipinski definition) is 5. The molecule has 166 valence electrons. The van der Waals surface area contributed by atoms with Crippen molar-refractivity contribution >= 4 is 40.7 Å². The molecular formula is C23H21Cl3N4O2. The fourth-order valence-electron chi connectivity index (χ4n) is 3.78. The monoisotopic (exact) mass is 490 g/mol. The van der Waals surface area contributed by atoms with Gasteiger partial charge in [-0.15, -0.1) is 0 Å². The Morgan fingerprint density at radius 3 is 2.66 bits per heavy atom. The molecule has 3 aromatic rings. The van der Waals surface area contributed by atoms with E-state index in [1.54, 1.807) is 31.3 Å². The molecule has 32 heavy (non-hydrogen) atoms. The molecule has 4 rings (SSSR count). The third kappa shape index (κ3) is 4.98. The van der Waals surface area contributed by atoms with E-state index in [1.807, 2.05) is 24.0 Å². The number of rotatable bonds is 5. The van der Waals surface area contributed by atoms with Crippen LogP contribution in [0.3, 0.4) is 0 Å². The maximum atomic E-state index is 13.4. The topological polar surface area (TPSA) is 68.2 Å². The van der Waals surface area contributed by atoms with Crippen molar-refractivity contribution in [1.29, 1.82) is 0 Å². The number of amides is 1. The number of aromatic nitrogens is 3. The molecule has 2 unspecified atom stereocenters. The van der Waals surface area contributed by atoms with Gasteiger partial charge in [0.05, 0.1) is 26.3 Å². The molecule has 2 aromatic heterocycles. The number of carbonyl (C=O) groups excluding carboxylic acids is 1. The molecule has 6 nitrogen and oxygen atoms in total. The number of aryl methyl sites for hydroxylation is 1. The summed E-state index contributed by atoms with van der Waals surface area (Å²) < 4.78 is 5.92. The van der Waals surface area contributed by atoms with E-state index in [1.165, 1.54) is 6.20 Å². The van der Waals surface area contributed by atoms with Gasteiger partial charge in [0.2, 0.25) is 5.88 Å². The van der Waals surface area contributed by atoms with Gasteiger partial charge in [0.1, 0.15) is 11.9 Å². The van der Waals surface area contributed by atoms with E-state index in [0.29, 0.717) is 51.1 Å². The maximum Gasteiger partial charge on any atom is 0.257 e. The van der Waals surface area contributed by atoms with Gasteiger partial charge in [-0.05, 0) is 44.0 Å². The fraction of sp³-hybridized carbons (Fsp3) is 0.304. The third-order valence-electron chi connectivity index (χ3n) is 5.44. The number of ether oxygens (including phenoxy) is 1. The molecule has 0 spiro atoms. The van der Waals surface area contributed by atoms with Gasteiger partial charge in [0, 0.05) is 37.5 Å². The van der Waals surface area contributed by atoms with Crippen LogP contribution >= 0.6 is 34.8 Å². The number of nitrogens with zero attached hydrogens (tertiary/aromatic N) is 4. The van der Waals surface area contributed by atoms with Crippen LogP contribution in [0, 0.1) is 6.92 Å². The van der Waals surface area contributed by atoms with Crippen molar-refractivity contribution in [2.24, 2.45) is 0 Å². The molecule has 1 saturated heterocycles. The van der Waals surface area contributed by atoms with Crippen LogP contribution in [0.5, 0.6) is 5.88 Å². The third-order valence-corrected chi connectivity index (χ3v) is 6.41. The van der Waals surface area contributed by atoms with E-state index in [9.17, 15) is 4.79 Å². The number of likely N-dealkylation sites (tertiary alicyclic amines) is 1. The summed E-state index contributed by atoms with van der Waals surface area (Å²) in [5.74, 6) is 1.03. The minimum absolute atomic E-state index is 0.123. The van der Waals surface area contributed by atoms with Gasteiger partial charge in [0.25, 0.3) is 5.91 Å². The first kappa shape index (κ1) is 22.8. The molecule has 1 amide bonds. The zero-order chi connectivity index (χ0) is 22.8. The van der Waals surface area contributed by atoms with Crippen molar-refractivity contribution < 1.29 is 9.53 Å². The van der Waals surface area contributed by atoms with Gasteiger partial charge in [0.15, 0.2) is 0 Å². The van der Waals surface area contributed by atoms with Crippen LogP contribution in [-0.4, -0.2) is 38.8 Å². The average Bonchev–Trinajstić information content (AvgIpc) is 3.27. The lowest BCUT2D eigenvalue weighted by molar-refractivity contribution is 0.0784. The lowest BCUT2D eigenvalue weighted by atomic mass is 9.99. The van der Waals surface area contributed by atoms with E-state index in [-0.39, 0.29) is 11.8 Å². The zero-order valence-corrected chi connectivity index (χ0v) is 19.8. The van der Waals surface area contributed by atoms with E-state index in [0.717, 1.165) is 12.0 Å². The van der Waals surface area contributed by atoms with E-state index in [4.69, 9.17) is 39.5 Å². The Morgan fingerprint density at radius 2 is 1.94 bits per heavy atom. The molecule has 0 radical (unpaired) electrons. The van der Waals surface area contributed by atoms with Crippen LogP contribution in [0.15, 0.2) is 42.7 Å². The number of benzene rings is 1. The molecule has 3 heterocycles. The largest absolute Gasteiger partial charge is 0.468 e. The summed E-state index contributed by atoms with van der Waals surface area (Å²) in [4.78, 5) is 28.1. The maximum absolute atomic E-state index is 13.4. The summed E-state index contributed by atoms with van der Waals surface area (Å²) in [6, 6.07) is 9.00. The molecule has 2 atom stereocenters. The van der Waals surface area contributed by atoms with Crippen molar-refractivity contribution in [1.82, 2.24) is 19.9 Å². The molecule has 9 heteroatoms. The number of hydrogen-bond donors (Lipinski definition) is 0. The highest BCUT2D eigenvalue weighted by molar-refractivity contribution is 6.42. The summed E-state index contributed by atoms with van der Waals surface area (Å²) in [6.07, 6.45) is 3.42. The number of halogens is 3. The smallest absolute Gasteiger partial charge is 0.257 e. The predicted octanol–water partition coefficient (Wildman–Crippen LogP) is 5.91. The Bertz CT molecular complexity index is 1140. The average molecular weight is 492 g/mol. The van der Waals surface area contributed by atoms with Crippen LogP contribution in [0.4, 0.5) is 0 Å². The molecule has 0 bridgehead atoms. The highest BCUT2D eigenvalue weighted by Crippen LogP contribution is 2.33. The SMILES string of the molecule is Cc1ncc(C(=O)N2CCC(c3ccc(Cl)c(Cl)c3)C2)c(C(C)Oc2ccc(Cl)cn2)n1. The first-order valence-electron chi connectivity index (χ1n) is 10.2. The van der Waals surface area contributed by atoms with Gasteiger partial charge in [-0.2, -0.15) is 0 Å². The molecule has 1 fully saturated rings. The summed E-state index contributed by atoms with van der Waals surface area (Å²) in [6.45, 7) is 4.82. The molecule has 0 saturated carbocycles. The molecule has 1 aromatic carbocycles. The fourth-order valence-corrected chi connectivity index (χ4v) is 4.20. The highest BCUT2D eigenvalue weighted by Gasteiger charge is 2.31.